The third-order valence-corrected chi connectivity index (χ3v) is 7.40. The first-order chi connectivity index (χ1) is 20.7. The van der Waals surface area contributed by atoms with Crippen molar-refractivity contribution in [3.8, 4) is 11.1 Å². The van der Waals surface area contributed by atoms with Gasteiger partial charge < -0.3 is 20.1 Å². The molecule has 2 N–H and O–H groups in total. The quantitative estimate of drug-likeness (QED) is 0.279. The van der Waals surface area contributed by atoms with E-state index in [0.29, 0.717) is 62.1 Å². The van der Waals surface area contributed by atoms with Crippen molar-refractivity contribution in [2.24, 2.45) is 0 Å². The van der Waals surface area contributed by atoms with Crippen molar-refractivity contribution in [1.82, 2.24) is 29.9 Å². The summed E-state index contributed by atoms with van der Waals surface area (Å²) >= 11 is 6.61. The standard InChI is InChI=1S/C30H33ClN8O5/c1-16(2)37-8-7-20-12-25(36-38(20)15-26(37)40)33-24-11-19-9-18(10-22(31)27(19)35-34-24)21-13-32-14-23(17(21)3)39(28(41)42)29(43)44-30(4,5)6/h9-14,16H,7-8,15H2,1-6H3,(H,41,42)(H,33,34,36). The molecule has 44 heavy (non-hydrogen) atoms. The number of rotatable bonds is 5. The minimum Gasteiger partial charge on any atom is -0.464 e. The van der Waals surface area contributed by atoms with E-state index in [4.69, 9.17) is 16.3 Å². The fourth-order valence-electron chi connectivity index (χ4n) is 5.06. The van der Waals surface area contributed by atoms with Gasteiger partial charge in [-0.05, 0) is 70.9 Å². The zero-order valence-electron chi connectivity index (χ0n) is 25.3. The average Bonchev–Trinajstić information content (AvgIpc) is 3.20. The summed E-state index contributed by atoms with van der Waals surface area (Å²) in [5.41, 5.74) is 2.23. The predicted molar refractivity (Wildman–Crippen MR) is 165 cm³/mol. The van der Waals surface area contributed by atoms with Crippen molar-refractivity contribution < 1.29 is 24.2 Å². The number of halogens is 1. The van der Waals surface area contributed by atoms with Crippen LogP contribution in [0.15, 0.2) is 36.7 Å². The van der Waals surface area contributed by atoms with E-state index >= 15 is 0 Å². The molecule has 4 heterocycles. The average molecular weight is 621 g/mol. The first-order valence-electron chi connectivity index (χ1n) is 14.0. The minimum absolute atomic E-state index is 0.0208. The number of anilines is 3. The normalized spacial score (nSPS) is 13.5. The molecule has 3 amide bonds. The summed E-state index contributed by atoms with van der Waals surface area (Å²) < 4.78 is 7.02. The van der Waals surface area contributed by atoms with Crippen molar-refractivity contribution in [1.29, 1.82) is 0 Å². The number of fused-ring (bicyclic) bond motifs is 2. The molecule has 0 saturated carbocycles. The van der Waals surface area contributed by atoms with Crippen LogP contribution in [0.2, 0.25) is 5.02 Å². The van der Waals surface area contributed by atoms with Gasteiger partial charge in [0.25, 0.3) is 0 Å². The molecule has 0 spiro atoms. The highest BCUT2D eigenvalue weighted by Gasteiger charge is 2.31. The largest absolute Gasteiger partial charge is 0.464 e. The first-order valence-corrected chi connectivity index (χ1v) is 14.4. The Morgan fingerprint density at radius 3 is 2.55 bits per heavy atom. The van der Waals surface area contributed by atoms with E-state index in [2.05, 4.69) is 25.6 Å². The van der Waals surface area contributed by atoms with Gasteiger partial charge in [-0.3, -0.25) is 14.5 Å². The van der Waals surface area contributed by atoms with E-state index in [0.717, 1.165) is 5.69 Å². The first kappa shape index (κ1) is 30.7. The van der Waals surface area contributed by atoms with Gasteiger partial charge in [-0.1, -0.05) is 11.6 Å². The highest BCUT2D eigenvalue weighted by Crippen LogP contribution is 2.35. The Kier molecular flexibility index (Phi) is 8.17. The summed E-state index contributed by atoms with van der Waals surface area (Å²) in [6.07, 6.45) is 1.02. The van der Waals surface area contributed by atoms with Crippen LogP contribution in [0, 0.1) is 6.92 Å². The molecule has 1 aliphatic rings. The van der Waals surface area contributed by atoms with E-state index in [1.807, 2.05) is 30.9 Å². The van der Waals surface area contributed by atoms with Crippen molar-refractivity contribution in [3.05, 3.63) is 52.9 Å². The fraction of sp³-hybridized carbons (Fsp3) is 0.367. The number of carbonyl (C=O) groups is 3. The maximum Gasteiger partial charge on any atom is 0.424 e. The van der Waals surface area contributed by atoms with Crippen LogP contribution in [0.25, 0.3) is 22.0 Å². The van der Waals surface area contributed by atoms with Crippen LogP contribution in [0.4, 0.5) is 26.9 Å². The summed E-state index contributed by atoms with van der Waals surface area (Å²) in [6.45, 7) is 11.4. The van der Waals surface area contributed by atoms with E-state index in [-0.39, 0.29) is 24.2 Å². The van der Waals surface area contributed by atoms with Gasteiger partial charge in [-0.2, -0.15) is 10.00 Å². The summed E-state index contributed by atoms with van der Waals surface area (Å²) in [4.78, 5) is 44.2. The third kappa shape index (κ3) is 6.27. The van der Waals surface area contributed by atoms with Crippen LogP contribution in [0.5, 0.6) is 0 Å². The second kappa shape index (κ2) is 11.7. The zero-order chi connectivity index (χ0) is 31.9. The highest BCUT2D eigenvalue weighted by molar-refractivity contribution is 6.35. The molecule has 0 fully saturated rings. The van der Waals surface area contributed by atoms with Gasteiger partial charge in [0, 0.05) is 47.9 Å². The number of carboxylic acid groups (broad SMARTS) is 1. The van der Waals surface area contributed by atoms with Crippen LogP contribution in [0.1, 0.15) is 45.9 Å². The maximum absolute atomic E-state index is 12.8. The van der Waals surface area contributed by atoms with Crippen LogP contribution in [-0.4, -0.2) is 71.2 Å². The summed E-state index contributed by atoms with van der Waals surface area (Å²) in [6, 6.07) is 7.30. The second-order valence-corrected chi connectivity index (χ2v) is 12.2. The molecular weight excluding hydrogens is 588 g/mol. The molecule has 0 bridgehead atoms. The molecule has 0 saturated heterocycles. The van der Waals surface area contributed by atoms with Crippen LogP contribution < -0.4 is 10.2 Å². The van der Waals surface area contributed by atoms with Gasteiger partial charge in [0.2, 0.25) is 5.91 Å². The molecule has 3 aromatic heterocycles. The Morgan fingerprint density at radius 1 is 1.11 bits per heavy atom. The van der Waals surface area contributed by atoms with Crippen LogP contribution in [0.3, 0.4) is 0 Å². The van der Waals surface area contributed by atoms with Gasteiger partial charge >= 0.3 is 12.2 Å². The number of pyridine rings is 1. The van der Waals surface area contributed by atoms with Crippen LogP contribution >= 0.6 is 11.6 Å². The highest BCUT2D eigenvalue weighted by atomic mass is 35.5. The number of amides is 3. The van der Waals surface area contributed by atoms with E-state index in [9.17, 15) is 19.5 Å². The lowest BCUT2D eigenvalue weighted by Gasteiger charge is -2.25. The number of ether oxygens (including phenoxy) is 1. The molecule has 5 rings (SSSR count). The molecule has 14 heteroatoms. The van der Waals surface area contributed by atoms with Crippen molar-refractivity contribution in [3.63, 3.8) is 0 Å². The van der Waals surface area contributed by atoms with Crippen molar-refractivity contribution >= 4 is 57.9 Å². The molecule has 0 radical (unpaired) electrons. The third-order valence-electron chi connectivity index (χ3n) is 7.11. The summed E-state index contributed by atoms with van der Waals surface area (Å²) in [5, 5.41) is 27.1. The molecule has 230 valence electrons. The number of hydrogen-bond acceptors (Lipinski definition) is 9. The summed E-state index contributed by atoms with van der Waals surface area (Å²) in [7, 11) is 0. The lowest BCUT2D eigenvalue weighted by atomic mass is 10.00. The second-order valence-electron chi connectivity index (χ2n) is 11.8. The Hall–Kier alpha value is -4.78. The fourth-order valence-corrected chi connectivity index (χ4v) is 5.33. The zero-order valence-corrected chi connectivity index (χ0v) is 26.0. The minimum atomic E-state index is -1.50. The van der Waals surface area contributed by atoms with Gasteiger partial charge in [0.1, 0.15) is 17.7 Å². The van der Waals surface area contributed by atoms with Gasteiger partial charge in [0.05, 0.1) is 16.9 Å². The Labute approximate surface area is 258 Å². The van der Waals surface area contributed by atoms with Crippen molar-refractivity contribution in [2.45, 2.75) is 66.2 Å². The summed E-state index contributed by atoms with van der Waals surface area (Å²) in [5.74, 6) is 0.970. The van der Waals surface area contributed by atoms with Gasteiger partial charge in [-0.15, -0.1) is 10.2 Å². The smallest absolute Gasteiger partial charge is 0.424 e. The number of imide groups is 1. The molecule has 13 nitrogen and oxygen atoms in total. The molecule has 0 atom stereocenters. The van der Waals surface area contributed by atoms with E-state index in [1.54, 1.807) is 50.7 Å². The molecule has 4 aromatic rings. The number of hydrogen-bond donors (Lipinski definition) is 2. The number of carbonyl (C=O) groups excluding carboxylic acids is 2. The Balaban J connectivity index is 1.46. The molecular formula is C30H33ClN8O5. The van der Waals surface area contributed by atoms with E-state index in [1.165, 1.54) is 6.20 Å². The van der Waals surface area contributed by atoms with E-state index < -0.39 is 17.8 Å². The van der Waals surface area contributed by atoms with Crippen molar-refractivity contribution in [2.75, 3.05) is 16.8 Å². The number of aromatic nitrogens is 5. The predicted octanol–water partition coefficient (Wildman–Crippen LogP) is 5.81. The number of nitrogens with one attached hydrogen (secondary N) is 1. The lowest BCUT2D eigenvalue weighted by Crippen LogP contribution is -2.40. The number of benzene rings is 1. The molecule has 0 unspecified atom stereocenters. The SMILES string of the molecule is Cc1c(-c2cc(Cl)c3nnc(Nc4cc5n(n4)CC(=O)N(C(C)C)CC5)cc3c2)cncc1N(C(=O)O)C(=O)OC(C)(C)C. The van der Waals surface area contributed by atoms with Gasteiger partial charge in [0.15, 0.2) is 11.6 Å². The topological polar surface area (TPSA) is 156 Å². The lowest BCUT2D eigenvalue weighted by molar-refractivity contribution is -0.133. The molecule has 1 aliphatic heterocycles. The monoisotopic (exact) mass is 620 g/mol. The number of nitrogens with zero attached hydrogens (tertiary/aromatic N) is 7. The molecule has 0 aliphatic carbocycles. The maximum atomic E-state index is 12.8. The Bertz CT molecular complexity index is 1780. The van der Waals surface area contributed by atoms with Gasteiger partial charge in [-0.25, -0.2) is 9.59 Å². The Morgan fingerprint density at radius 2 is 1.86 bits per heavy atom. The molecule has 1 aromatic carbocycles. The van der Waals surface area contributed by atoms with Crippen LogP contribution in [-0.2, 0) is 22.5 Å².